The van der Waals surface area contributed by atoms with Crippen LogP contribution in [-0.2, 0) is 14.6 Å². The van der Waals surface area contributed by atoms with Crippen LogP contribution in [0, 0.1) is 0 Å². The molecule has 0 atom stereocenters. The van der Waals surface area contributed by atoms with Crippen molar-refractivity contribution in [3.63, 3.8) is 0 Å². The molecule has 3 rings (SSSR count). The normalized spacial score (nSPS) is 11.5. The average molecular weight is 514 g/mol. The van der Waals surface area contributed by atoms with Gasteiger partial charge in [0.15, 0.2) is 15.0 Å². The van der Waals surface area contributed by atoms with Crippen LogP contribution in [0.15, 0.2) is 58.3 Å². The Labute approximate surface area is 204 Å². The average Bonchev–Trinajstić information content (AvgIpc) is 3.21. The van der Waals surface area contributed by atoms with Crippen molar-refractivity contribution >= 4 is 66.6 Å². The smallest absolute Gasteiger partial charge is 0.244 e. The number of nitrogens with zero attached hydrogens (tertiary/aromatic N) is 3. The number of fused-ring (bicyclic) bond motifs is 1. The van der Waals surface area contributed by atoms with Crippen LogP contribution in [0.4, 0.5) is 5.13 Å². The fourth-order valence-electron chi connectivity index (χ4n) is 3.25. The van der Waals surface area contributed by atoms with E-state index in [1.807, 2.05) is 24.5 Å². The minimum Gasteiger partial charge on any atom is -0.302 e. The van der Waals surface area contributed by atoms with Crippen molar-refractivity contribution in [3.8, 4) is 0 Å². The van der Waals surface area contributed by atoms with Crippen molar-refractivity contribution in [2.45, 2.75) is 23.6 Å². The zero-order valence-electron chi connectivity index (χ0n) is 18.4. The number of rotatable bonds is 10. The number of thiazole rings is 1. The van der Waals surface area contributed by atoms with E-state index in [1.165, 1.54) is 28.4 Å². The molecule has 0 aliphatic heterocycles. The highest BCUT2D eigenvalue weighted by atomic mass is 35.5. The Balaban J connectivity index is 0.00000363. The van der Waals surface area contributed by atoms with Crippen molar-refractivity contribution in [2.75, 3.05) is 43.1 Å². The zero-order chi connectivity index (χ0) is 22.4. The SMILES string of the molecule is CCN(CC)CCN(C(=O)CS(=O)(=O)c1ccccc1)c1nc2c(SC)cccc2s1.Cl. The van der Waals surface area contributed by atoms with E-state index in [0.717, 1.165) is 28.2 Å². The quantitative estimate of drug-likeness (QED) is 0.369. The molecule has 3 aromatic rings. The second-order valence-corrected chi connectivity index (χ2v) is 10.8. The molecule has 0 N–H and O–H groups in total. The minimum absolute atomic E-state index is 0. The first kappa shape index (κ1) is 26.6. The van der Waals surface area contributed by atoms with E-state index < -0.39 is 21.5 Å². The second kappa shape index (κ2) is 12.0. The summed E-state index contributed by atoms with van der Waals surface area (Å²) in [7, 11) is -3.74. The van der Waals surface area contributed by atoms with E-state index >= 15 is 0 Å². The molecule has 0 aliphatic rings. The van der Waals surface area contributed by atoms with E-state index in [1.54, 1.807) is 30.0 Å². The van der Waals surface area contributed by atoms with Crippen LogP contribution in [0.5, 0.6) is 0 Å². The maximum Gasteiger partial charge on any atom is 0.244 e. The first-order valence-electron chi connectivity index (χ1n) is 10.1. The molecule has 0 radical (unpaired) electrons. The van der Waals surface area contributed by atoms with Gasteiger partial charge in [-0.05, 0) is 43.6 Å². The number of para-hydroxylation sites is 1. The summed E-state index contributed by atoms with van der Waals surface area (Å²) in [5, 5.41) is 0.539. The Hall–Kier alpha value is -1.65. The van der Waals surface area contributed by atoms with Gasteiger partial charge >= 0.3 is 0 Å². The lowest BCUT2D eigenvalue weighted by Gasteiger charge is -2.24. The number of hydrogen-bond donors (Lipinski definition) is 0. The fourth-order valence-corrected chi connectivity index (χ4v) is 6.14. The Bertz CT molecular complexity index is 1130. The number of halogens is 1. The number of likely N-dealkylation sites (N-methyl/N-ethyl adjacent to an activating group) is 1. The van der Waals surface area contributed by atoms with Gasteiger partial charge in [-0.15, -0.1) is 24.2 Å². The van der Waals surface area contributed by atoms with Gasteiger partial charge in [0.2, 0.25) is 5.91 Å². The highest BCUT2D eigenvalue weighted by Crippen LogP contribution is 2.34. The molecule has 174 valence electrons. The summed E-state index contributed by atoms with van der Waals surface area (Å²) >= 11 is 3.02. The molecule has 1 amide bonds. The van der Waals surface area contributed by atoms with E-state index in [-0.39, 0.29) is 17.3 Å². The third kappa shape index (κ3) is 6.23. The number of aromatic nitrogens is 1. The number of hydrogen-bond acceptors (Lipinski definition) is 7. The largest absolute Gasteiger partial charge is 0.302 e. The number of thioether (sulfide) groups is 1. The lowest BCUT2D eigenvalue weighted by Crippen LogP contribution is -2.41. The Morgan fingerprint density at radius 2 is 1.72 bits per heavy atom. The molecule has 0 saturated heterocycles. The molecule has 0 unspecified atom stereocenters. The van der Waals surface area contributed by atoms with Gasteiger partial charge in [0.05, 0.1) is 15.1 Å². The molecular weight excluding hydrogens is 486 g/mol. The van der Waals surface area contributed by atoms with Crippen LogP contribution < -0.4 is 4.90 Å². The molecule has 32 heavy (non-hydrogen) atoms. The van der Waals surface area contributed by atoms with Gasteiger partial charge in [-0.3, -0.25) is 9.69 Å². The van der Waals surface area contributed by atoms with Gasteiger partial charge in [-0.25, -0.2) is 13.4 Å². The minimum atomic E-state index is -3.74. The summed E-state index contributed by atoms with van der Waals surface area (Å²) < 4.78 is 26.6. The second-order valence-electron chi connectivity index (χ2n) is 6.95. The zero-order valence-corrected chi connectivity index (χ0v) is 21.6. The van der Waals surface area contributed by atoms with Crippen molar-refractivity contribution < 1.29 is 13.2 Å². The van der Waals surface area contributed by atoms with Crippen LogP contribution >= 0.6 is 35.5 Å². The first-order chi connectivity index (χ1) is 14.9. The molecule has 0 spiro atoms. The van der Waals surface area contributed by atoms with Gasteiger partial charge in [0.25, 0.3) is 0 Å². The number of amides is 1. The van der Waals surface area contributed by atoms with Crippen LogP contribution in [0.2, 0.25) is 0 Å². The first-order valence-corrected chi connectivity index (χ1v) is 13.8. The van der Waals surface area contributed by atoms with Gasteiger partial charge in [-0.2, -0.15) is 0 Å². The molecule has 10 heteroatoms. The van der Waals surface area contributed by atoms with Gasteiger partial charge < -0.3 is 4.90 Å². The van der Waals surface area contributed by atoms with E-state index in [2.05, 4.69) is 18.7 Å². The standard InChI is InChI=1S/C22H27N3O3S3.ClH/c1-4-24(5-2)14-15-25(20(26)16-31(27,28)17-10-7-6-8-11-17)22-23-21-18(29-3)12-9-13-19(21)30-22;/h6-13H,4-5,14-16H2,1-3H3;1H. The summed E-state index contributed by atoms with van der Waals surface area (Å²) in [5.41, 5.74) is 0.849. The monoisotopic (exact) mass is 513 g/mol. The Morgan fingerprint density at radius 3 is 2.34 bits per heavy atom. The fraction of sp³-hybridized carbons (Fsp3) is 0.364. The summed E-state index contributed by atoms with van der Waals surface area (Å²) in [6.45, 7) is 6.89. The molecule has 1 heterocycles. The molecule has 1 aromatic heterocycles. The molecule has 0 fully saturated rings. The number of benzene rings is 2. The van der Waals surface area contributed by atoms with Crippen molar-refractivity contribution in [3.05, 3.63) is 48.5 Å². The van der Waals surface area contributed by atoms with E-state index in [4.69, 9.17) is 4.98 Å². The number of carbonyl (C=O) groups is 1. The lowest BCUT2D eigenvalue weighted by atomic mass is 10.3. The molecular formula is C22H28ClN3O3S3. The third-order valence-electron chi connectivity index (χ3n) is 5.07. The molecule has 0 saturated carbocycles. The summed E-state index contributed by atoms with van der Waals surface area (Å²) in [4.78, 5) is 22.9. The maximum atomic E-state index is 13.2. The molecule has 0 bridgehead atoms. The highest BCUT2D eigenvalue weighted by molar-refractivity contribution is 7.98. The predicted molar refractivity (Wildman–Crippen MR) is 137 cm³/mol. The Kier molecular flexibility index (Phi) is 9.97. The van der Waals surface area contributed by atoms with Crippen molar-refractivity contribution in [1.82, 2.24) is 9.88 Å². The van der Waals surface area contributed by atoms with Crippen LogP contribution in [0.25, 0.3) is 10.2 Å². The van der Waals surface area contributed by atoms with Crippen LogP contribution in [0.3, 0.4) is 0 Å². The van der Waals surface area contributed by atoms with E-state index in [0.29, 0.717) is 18.2 Å². The number of carbonyl (C=O) groups excluding carboxylic acids is 1. The number of anilines is 1. The Morgan fingerprint density at radius 1 is 1.03 bits per heavy atom. The topological polar surface area (TPSA) is 70.6 Å². The van der Waals surface area contributed by atoms with Crippen LogP contribution in [0.1, 0.15) is 13.8 Å². The molecule has 0 aliphatic carbocycles. The van der Waals surface area contributed by atoms with Gasteiger partial charge in [0, 0.05) is 18.0 Å². The lowest BCUT2D eigenvalue weighted by molar-refractivity contribution is -0.116. The van der Waals surface area contributed by atoms with Crippen molar-refractivity contribution in [1.29, 1.82) is 0 Å². The summed E-state index contributed by atoms with van der Waals surface area (Å²) in [6, 6.07) is 14.1. The van der Waals surface area contributed by atoms with Gasteiger partial charge in [0.1, 0.15) is 5.75 Å². The third-order valence-corrected chi connectivity index (χ3v) is 8.50. The molecule has 6 nitrogen and oxygen atoms in total. The van der Waals surface area contributed by atoms with Gasteiger partial charge in [-0.1, -0.05) is 49.4 Å². The van der Waals surface area contributed by atoms with Crippen LogP contribution in [-0.4, -0.2) is 62.4 Å². The van der Waals surface area contributed by atoms with Crippen molar-refractivity contribution in [2.24, 2.45) is 0 Å². The maximum absolute atomic E-state index is 13.2. The summed E-state index contributed by atoms with van der Waals surface area (Å²) in [6.07, 6.45) is 1.99. The predicted octanol–water partition coefficient (Wildman–Crippen LogP) is 4.59. The summed E-state index contributed by atoms with van der Waals surface area (Å²) in [5.74, 6) is -1.04. The number of sulfone groups is 1. The van der Waals surface area contributed by atoms with E-state index in [9.17, 15) is 13.2 Å². The molecule has 2 aromatic carbocycles. The highest BCUT2D eigenvalue weighted by Gasteiger charge is 2.27.